The second kappa shape index (κ2) is 32.1. The van der Waals surface area contributed by atoms with Crippen LogP contribution in [-0.4, -0.2) is 144 Å². The fourth-order valence-electron chi connectivity index (χ4n) is 6.76. The monoisotopic (exact) mass is 852 g/mol. The molecule has 6 amide bonds. The number of hydrogen-bond acceptors (Lipinski definition) is 12. The van der Waals surface area contributed by atoms with Crippen LogP contribution in [0.15, 0.2) is 0 Å². The lowest BCUT2D eigenvalue weighted by Crippen LogP contribution is -2.61. The predicted molar refractivity (Wildman–Crippen MR) is 235 cm³/mol. The van der Waals surface area contributed by atoms with Gasteiger partial charge in [0.15, 0.2) is 5.78 Å². The molecule has 0 spiro atoms. The topological polar surface area (TPSA) is 252 Å². The van der Waals surface area contributed by atoms with Gasteiger partial charge in [0.2, 0.25) is 35.4 Å². The standard InChI is InChI=1S/C42H81N11O7/c1-28(2)26-47-37(55)25-32(54)27-46-24-16-12-17-33-29(3)48-34(18-9-13-21-43-6)40(58)49-30(4)38(56)52-35(19-10-14-22-44-7)41(59)50-31(5)39(57)53-36(42(60)51-33)20-11-15-23-45-8/h28-31,33-36,43-46,48H,9-27H2,1-8H3,(H,47,55)(H,49,58)(H,50,59)(H,51,60)(H,52,56)(H,53,57)/t29-,30-,31-,33-,34+,35+,36+/m1/s1. The van der Waals surface area contributed by atoms with E-state index in [2.05, 4.69) is 58.5 Å². The van der Waals surface area contributed by atoms with Gasteiger partial charge in [-0.05, 0) is 138 Å². The molecule has 0 bridgehead atoms. The molecule has 1 aliphatic heterocycles. The third-order valence-corrected chi connectivity index (χ3v) is 10.5. The quantitative estimate of drug-likeness (QED) is 0.0389. The van der Waals surface area contributed by atoms with Gasteiger partial charge >= 0.3 is 0 Å². The summed E-state index contributed by atoms with van der Waals surface area (Å²) in [6, 6.07) is -5.39. The van der Waals surface area contributed by atoms with Crippen LogP contribution in [0.25, 0.3) is 0 Å². The van der Waals surface area contributed by atoms with E-state index in [-0.39, 0.29) is 36.5 Å². The molecule has 0 aromatic heterocycles. The molecule has 0 radical (unpaired) electrons. The van der Waals surface area contributed by atoms with Crippen molar-refractivity contribution < 1.29 is 33.6 Å². The van der Waals surface area contributed by atoms with Crippen molar-refractivity contribution in [2.24, 2.45) is 5.92 Å². The molecule has 0 aromatic rings. The van der Waals surface area contributed by atoms with Crippen LogP contribution in [0.4, 0.5) is 0 Å². The number of nitrogens with one attached hydrogen (secondary N) is 11. The maximum Gasteiger partial charge on any atom is 0.243 e. The summed E-state index contributed by atoms with van der Waals surface area (Å²) in [6.07, 6.45) is 7.17. The lowest BCUT2D eigenvalue weighted by molar-refractivity contribution is -0.135. The van der Waals surface area contributed by atoms with E-state index in [1.54, 1.807) is 13.8 Å². The number of unbranched alkanes of at least 4 members (excludes halogenated alkanes) is 4. The van der Waals surface area contributed by atoms with Crippen molar-refractivity contribution in [1.82, 2.24) is 58.5 Å². The Balaban J connectivity index is 3.36. The van der Waals surface area contributed by atoms with Crippen molar-refractivity contribution in [1.29, 1.82) is 0 Å². The zero-order valence-corrected chi connectivity index (χ0v) is 37.9. The molecule has 1 aliphatic rings. The third kappa shape index (κ3) is 23.9. The third-order valence-electron chi connectivity index (χ3n) is 10.5. The number of Topliss-reactive ketones (excluding diaryl/α,β-unsaturated/α-hetero) is 1. The van der Waals surface area contributed by atoms with E-state index >= 15 is 0 Å². The number of rotatable bonds is 26. The molecule has 0 aromatic carbocycles. The Morgan fingerprint density at radius 3 is 1.47 bits per heavy atom. The predicted octanol–water partition coefficient (Wildman–Crippen LogP) is -0.529. The molecule has 1 saturated heterocycles. The second-order valence-corrected chi connectivity index (χ2v) is 16.6. The highest BCUT2D eigenvalue weighted by Crippen LogP contribution is 2.12. The van der Waals surface area contributed by atoms with Gasteiger partial charge in [-0.1, -0.05) is 26.7 Å². The van der Waals surface area contributed by atoms with Crippen molar-refractivity contribution in [3.8, 4) is 0 Å². The first-order valence-corrected chi connectivity index (χ1v) is 22.3. The molecule has 11 N–H and O–H groups in total. The average Bonchev–Trinajstić information content (AvgIpc) is 3.20. The van der Waals surface area contributed by atoms with E-state index in [1.807, 2.05) is 41.9 Å². The Labute approximate surface area is 359 Å². The van der Waals surface area contributed by atoms with Gasteiger partial charge in [-0.15, -0.1) is 0 Å². The molecule has 0 unspecified atom stereocenters. The molecule has 18 heteroatoms. The fourth-order valence-corrected chi connectivity index (χ4v) is 6.76. The minimum Gasteiger partial charge on any atom is -0.355 e. The van der Waals surface area contributed by atoms with Gasteiger partial charge in [-0.2, -0.15) is 0 Å². The van der Waals surface area contributed by atoms with Crippen molar-refractivity contribution in [2.75, 3.05) is 60.4 Å². The summed E-state index contributed by atoms with van der Waals surface area (Å²) >= 11 is 0. The summed E-state index contributed by atoms with van der Waals surface area (Å²) < 4.78 is 0. The first-order valence-electron chi connectivity index (χ1n) is 22.3. The van der Waals surface area contributed by atoms with E-state index < -0.39 is 60.0 Å². The zero-order valence-electron chi connectivity index (χ0n) is 37.9. The van der Waals surface area contributed by atoms with Gasteiger partial charge in [0.25, 0.3) is 0 Å². The fraction of sp³-hybridized carbons (Fsp3) is 0.833. The van der Waals surface area contributed by atoms with E-state index in [0.717, 1.165) is 38.9 Å². The Hall–Kier alpha value is -3.71. The van der Waals surface area contributed by atoms with Crippen molar-refractivity contribution >= 4 is 41.2 Å². The summed E-state index contributed by atoms with van der Waals surface area (Å²) in [7, 11) is 5.55. The highest BCUT2D eigenvalue weighted by atomic mass is 16.2. The average molecular weight is 852 g/mol. The summed E-state index contributed by atoms with van der Waals surface area (Å²) in [5.41, 5.74) is 0. The molecule has 60 heavy (non-hydrogen) atoms. The van der Waals surface area contributed by atoms with Crippen molar-refractivity contribution in [2.45, 2.75) is 160 Å². The Bertz CT molecular complexity index is 1300. The van der Waals surface area contributed by atoms with Crippen LogP contribution >= 0.6 is 0 Å². The number of carbonyl (C=O) groups excluding carboxylic acids is 7. The Morgan fingerprint density at radius 1 is 0.550 bits per heavy atom. The van der Waals surface area contributed by atoms with Gasteiger partial charge in [-0.25, -0.2) is 0 Å². The summed E-state index contributed by atoms with van der Waals surface area (Å²) in [5.74, 6) is -2.52. The molecule has 1 rings (SSSR count). The van der Waals surface area contributed by atoms with Gasteiger partial charge < -0.3 is 58.5 Å². The molecule has 1 heterocycles. The second-order valence-electron chi connectivity index (χ2n) is 16.6. The van der Waals surface area contributed by atoms with Crippen LogP contribution in [0.5, 0.6) is 0 Å². The van der Waals surface area contributed by atoms with Crippen LogP contribution in [0, 0.1) is 5.92 Å². The lowest BCUT2D eigenvalue weighted by atomic mass is 9.99. The molecular weight excluding hydrogens is 771 g/mol. The van der Waals surface area contributed by atoms with E-state index in [4.69, 9.17) is 0 Å². The molecule has 0 aliphatic carbocycles. The Morgan fingerprint density at radius 2 is 0.983 bits per heavy atom. The Kier molecular flexibility index (Phi) is 29.0. The lowest BCUT2D eigenvalue weighted by Gasteiger charge is -2.32. The molecular formula is C42H81N11O7. The summed E-state index contributed by atoms with van der Waals surface area (Å²) in [5, 5.41) is 33.1. The SMILES string of the molecule is CNCCCC[C@@H]1NC(=O)[C@@H](C)NC(=O)[C@H](CCCCNC)N[C@H](C)[C@@H](CCCCNCC(=O)CC(=O)NCC(C)C)NC(=O)[C@H](CCCCNC)NC(=O)[C@@H](C)NC1=O. The van der Waals surface area contributed by atoms with Gasteiger partial charge in [0.05, 0.1) is 19.0 Å². The van der Waals surface area contributed by atoms with Gasteiger partial charge in [-0.3, -0.25) is 33.6 Å². The first kappa shape index (κ1) is 54.3. The highest BCUT2D eigenvalue weighted by Gasteiger charge is 2.32. The van der Waals surface area contributed by atoms with Crippen LogP contribution in [0.3, 0.4) is 0 Å². The normalized spacial score (nSPS) is 23.8. The number of amides is 6. The molecule has 18 nitrogen and oxygen atoms in total. The van der Waals surface area contributed by atoms with Gasteiger partial charge in [0, 0.05) is 18.6 Å². The largest absolute Gasteiger partial charge is 0.355 e. The maximum atomic E-state index is 14.1. The first-order chi connectivity index (χ1) is 28.6. The van der Waals surface area contributed by atoms with E-state index in [9.17, 15) is 33.6 Å². The molecule has 346 valence electrons. The number of ketones is 1. The molecule has 1 fully saturated rings. The van der Waals surface area contributed by atoms with Crippen LogP contribution in [0.2, 0.25) is 0 Å². The maximum absolute atomic E-state index is 14.1. The number of carbonyl (C=O) groups is 7. The van der Waals surface area contributed by atoms with Crippen LogP contribution in [-0.2, 0) is 33.6 Å². The molecule has 7 atom stereocenters. The van der Waals surface area contributed by atoms with Crippen LogP contribution < -0.4 is 58.5 Å². The highest BCUT2D eigenvalue weighted by molar-refractivity contribution is 5.99. The van der Waals surface area contributed by atoms with E-state index in [0.29, 0.717) is 76.8 Å². The van der Waals surface area contributed by atoms with E-state index in [1.165, 1.54) is 0 Å². The smallest absolute Gasteiger partial charge is 0.243 e. The summed E-state index contributed by atoms with van der Waals surface area (Å²) in [6.45, 7) is 12.3. The number of hydrogen-bond donors (Lipinski definition) is 11. The van der Waals surface area contributed by atoms with Gasteiger partial charge in [0.1, 0.15) is 24.2 Å². The summed E-state index contributed by atoms with van der Waals surface area (Å²) in [4.78, 5) is 93.1. The zero-order chi connectivity index (χ0) is 44.9. The van der Waals surface area contributed by atoms with Crippen molar-refractivity contribution in [3.05, 3.63) is 0 Å². The molecule has 0 saturated carbocycles. The minimum absolute atomic E-state index is 0.0686. The minimum atomic E-state index is -1.01. The van der Waals surface area contributed by atoms with Crippen LogP contribution in [0.1, 0.15) is 118 Å². The van der Waals surface area contributed by atoms with Crippen molar-refractivity contribution in [3.63, 3.8) is 0 Å².